The quantitative estimate of drug-likeness (QED) is 0.865. The molecule has 7 heteroatoms. The maximum atomic E-state index is 6.04. The van der Waals surface area contributed by atoms with Crippen LogP contribution in [0.3, 0.4) is 0 Å². The average molecular weight is 306 g/mol. The van der Waals surface area contributed by atoms with E-state index < -0.39 is 0 Å². The van der Waals surface area contributed by atoms with Gasteiger partial charge in [-0.15, -0.1) is 0 Å². The maximum absolute atomic E-state index is 6.04. The van der Waals surface area contributed by atoms with E-state index in [-0.39, 0.29) is 5.28 Å². The first-order valence-corrected chi connectivity index (χ1v) is 7.39. The fourth-order valence-corrected chi connectivity index (χ4v) is 2.47. The summed E-state index contributed by atoms with van der Waals surface area (Å²) in [6.07, 6.45) is 5.67. The zero-order valence-electron chi connectivity index (χ0n) is 11.8. The van der Waals surface area contributed by atoms with Gasteiger partial charge in [0.05, 0.1) is 12.8 Å². The first-order valence-electron chi connectivity index (χ1n) is 7.01. The standard InChI is InChI=1S/C14H16ClN5O/c1-2-21-11-7-10(8-16-9-11)12-17-13(15)19-14(18-12)20-5-3-4-6-20/h7-9H,2-6H2,1H3. The highest BCUT2D eigenvalue weighted by Crippen LogP contribution is 2.24. The molecular weight excluding hydrogens is 290 g/mol. The Hall–Kier alpha value is -1.95. The number of pyridine rings is 1. The van der Waals surface area contributed by atoms with Crippen LogP contribution in [0.2, 0.25) is 5.28 Å². The highest BCUT2D eigenvalue weighted by atomic mass is 35.5. The molecule has 2 aromatic heterocycles. The molecule has 1 aliphatic heterocycles. The minimum absolute atomic E-state index is 0.198. The second kappa shape index (κ2) is 6.22. The summed E-state index contributed by atoms with van der Waals surface area (Å²) >= 11 is 6.04. The van der Waals surface area contributed by atoms with Gasteiger partial charge in [0.2, 0.25) is 11.2 Å². The van der Waals surface area contributed by atoms with Gasteiger partial charge in [0.1, 0.15) is 5.75 Å². The zero-order chi connectivity index (χ0) is 14.7. The Bertz CT molecular complexity index is 631. The average Bonchev–Trinajstić information content (AvgIpc) is 3.01. The summed E-state index contributed by atoms with van der Waals surface area (Å²) in [6.45, 7) is 4.42. The van der Waals surface area contributed by atoms with E-state index in [0.717, 1.165) is 31.5 Å². The first-order chi connectivity index (χ1) is 10.3. The van der Waals surface area contributed by atoms with Gasteiger partial charge in [-0.1, -0.05) is 0 Å². The van der Waals surface area contributed by atoms with Crippen LogP contribution in [0.15, 0.2) is 18.5 Å². The summed E-state index contributed by atoms with van der Waals surface area (Å²) in [5, 5.41) is 0.198. The van der Waals surface area contributed by atoms with Crippen molar-refractivity contribution in [3.63, 3.8) is 0 Å². The van der Waals surface area contributed by atoms with Gasteiger partial charge in [-0.2, -0.15) is 15.0 Å². The van der Waals surface area contributed by atoms with Crippen molar-refractivity contribution in [1.29, 1.82) is 0 Å². The monoisotopic (exact) mass is 305 g/mol. The molecule has 1 aliphatic rings. The molecule has 0 N–H and O–H groups in total. The molecule has 21 heavy (non-hydrogen) atoms. The molecule has 0 aromatic carbocycles. The SMILES string of the molecule is CCOc1cncc(-c2nc(Cl)nc(N3CCCC3)n2)c1. The second-order valence-electron chi connectivity index (χ2n) is 4.76. The molecule has 0 spiro atoms. The molecule has 2 aromatic rings. The van der Waals surface area contributed by atoms with Gasteiger partial charge >= 0.3 is 0 Å². The third kappa shape index (κ3) is 3.21. The van der Waals surface area contributed by atoms with Crippen LogP contribution in [0.4, 0.5) is 5.95 Å². The smallest absolute Gasteiger partial charge is 0.230 e. The third-order valence-electron chi connectivity index (χ3n) is 3.27. The Morgan fingerprint density at radius 3 is 2.76 bits per heavy atom. The summed E-state index contributed by atoms with van der Waals surface area (Å²) in [4.78, 5) is 19.2. The highest BCUT2D eigenvalue weighted by Gasteiger charge is 2.17. The van der Waals surface area contributed by atoms with Crippen LogP contribution in [0.1, 0.15) is 19.8 Å². The lowest BCUT2D eigenvalue weighted by Crippen LogP contribution is -2.21. The van der Waals surface area contributed by atoms with Crippen molar-refractivity contribution in [3.8, 4) is 17.1 Å². The lowest BCUT2D eigenvalue weighted by atomic mass is 10.2. The highest BCUT2D eigenvalue weighted by molar-refractivity contribution is 6.28. The van der Waals surface area contributed by atoms with Crippen molar-refractivity contribution >= 4 is 17.5 Å². The summed E-state index contributed by atoms with van der Waals surface area (Å²) in [5.41, 5.74) is 0.769. The van der Waals surface area contributed by atoms with Crippen LogP contribution in [-0.2, 0) is 0 Å². The number of nitrogens with zero attached hydrogens (tertiary/aromatic N) is 5. The van der Waals surface area contributed by atoms with Gasteiger partial charge in [-0.25, -0.2) is 0 Å². The first kappa shape index (κ1) is 14.0. The molecule has 3 rings (SSSR count). The van der Waals surface area contributed by atoms with Crippen molar-refractivity contribution in [1.82, 2.24) is 19.9 Å². The van der Waals surface area contributed by atoms with Crippen molar-refractivity contribution in [2.75, 3.05) is 24.6 Å². The van der Waals surface area contributed by atoms with Crippen molar-refractivity contribution in [3.05, 3.63) is 23.7 Å². The Balaban J connectivity index is 1.95. The molecule has 1 fully saturated rings. The van der Waals surface area contributed by atoms with E-state index >= 15 is 0 Å². The predicted octanol–water partition coefficient (Wildman–Crippen LogP) is 2.59. The molecule has 0 radical (unpaired) electrons. The molecule has 0 aliphatic carbocycles. The second-order valence-corrected chi connectivity index (χ2v) is 5.10. The number of ether oxygens (including phenoxy) is 1. The van der Waals surface area contributed by atoms with E-state index in [1.165, 1.54) is 0 Å². The Morgan fingerprint density at radius 2 is 2.00 bits per heavy atom. The molecule has 110 valence electrons. The largest absolute Gasteiger partial charge is 0.492 e. The lowest BCUT2D eigenvalue weighted by Gasteiger charge is -2.15. The Morgan fingerprint density at radius 1 is 1.19 bits per heavy atom. The molecule has 1 saturated heterocycles. The van der Waals surface area contributed by atoms with Crippen molar-refractivity contribution in [2.45, 2.75) is 19.8 Å². The van der Waals surface area contributed by atoms with Gasteiger partial charge in [-0.05, 0) is 37.4 Å². The van der Waals surface area contributed by atoms with Crippen LogP contribution in [0.25, 0.3) is 11.4 Å². The summed E-state index contributed by atoms with van der Waals surface area (Å²) < 4.78 is 5.45. The van der Waals surface area contributed by atoms with Gasteiger partial charge < -0.3 is 9.64 Å². The number of hydrogen-bond donors (Lipinski definition) is 0. The van der Waals surface area contributed by atoms with Gasteiger partial charge in [0.15, 0.2) is 5.82 Å². The predicted molar refractivity (Wildman–Crippen MR) is 80.7 cm³/mol. The Labute approximate surface area is 128 Å². The molecule has 0 amide bonds. The van der Waals surface area contributed by atoms with Crippen LogP contribution < -0.4 is 9.64 Å². The molecule has 0 bridgehead atoms. The van der Waals surface area contributed by atoms with Crippen LogP contribution in [0, 0.1) is 0 Å². The fraction of sp³-hybridized carbons (Fsp3) is 0.429. The van der Waals surface area contributed by atoms with Crippen LogP contribution >= 0.6 is 11.6 Å². The number of aromatic nitrogens is 4. The topological polar surface area (TPSA) is 64.0 Å². The van der Waals surface area contributed by atoms with E-state index in [4.69, 9.17) is 16.3 Å². The number of hydrogen-bond acceptors (Lipinski definition) is 6. The van der Waals surface area contributed by atoms with E-state index in [2.05, 4.69) is 24.8 Å². The molecule has 0 atom stereocenters. The normalized spacial score (nSPS) is 14.5. The van der Waals surface area contributed by atoms with Gasteiger partial charge in [-0.3, -0.25) is 4.98 Å². The van der Waals surface area contributed by atoms with E-state index in [1.54, 1.807) is 12.4 Å². The summed E-state index contributed by atoms with van der Waals surface area (Å²) in [6, 6.07) is 1.86. The fourth-order valence-electron chi connectivity index (χ4n) is 2.31. The van der Waals surface area contributed by atoms with Crippen molar-refractivity contribution in [2.24, 2.45) is 0 Å². The molecule has 0 saturated carbocycles. The van der Waals surface area contributed by atoms with Crippen LogP contribution in [0.5, 0.6) is 5.75 Å². The van der Waals surface area contributed by atoms with E-state index in [0.29, 0.717) is 24.1 Å². The maximum Gasteiger partial charge on any atom is 0.230 e. The van der Waals surface area contributed by atoms with E-state index in [1.807, 2.05) is 13.0 Å². The van der Waals surface area contributed by atoms with Crippen LogP contribution in [-0.4, -0.2) is 39.6 Å². The molecule has 0 unspecified atom stereocenters. The molecular formula is C14H16ClN5O. The summed E-state index contributed by atoms with van der Waals surface area (Å²) in [7, 11) is 0. The molecule has 3 heterocycles. The van der Waals surface area contributed by atoms with Gasteiger partial charge in [0, 0.05) is 24.8 Å². The minimum atomic E-state index is 0.198. The van der Waals surface area contributed by atoms with Crippen molar-refractivity contribution < 1.29 is 4.74 Å². The summed E-state index contributed by atoms with van der Waals surface area (Å²) in [5.74, 6) is 1.84. The zero-order valence-corrected chi connectivity index (χ0v) is 12.5. The van der Waals surface area contributed by atoms with E-state index in [9.17, 15) is 0 Å². The third-order valence-corrected chi connectivity index (χ3v) is 3.44. The Kier molecular flexibility index (Phi) is 4.15. The number of rotatable bonds is 4. The lowest BCUT2D eigenvalue weighted by molar-refractivity contribution is 0.339. The minimum Gasteiger partial charge on any atom is -0.492 e. The number of anilines is 1. The number of halogens is 1. The van der Waals surface area contributed by atoms with Gasteiger partial charge in [0.25, 0.3) is 0 Å². The molecule has 6 nitrogen and oxygen atoms in total.